The Bertz CT molecular complexity index is 1390. The molecule has 2 heterocycles. The van der Waals surface area contributed by atoms with Crippen LogP contribution in [0.4, 0.5) is 0 Å². The molecule has 2 aromatic carbocycles. The first-order valence-electron chi connectivity index (χ1n) is 13.5. The maximum atomic E-state index is 14.6. The van der Waals surface area contributed by atoms with Gasteiger partial charge in [0.1, 0.15) is 0 Å². The highest BCUT2D eigenvalue weighted by atomic mass is 32.2. The predicted octanol–water partition coefficient (Wildman–Crippen LogP) is 6.38. The van der Waals surface area contributed by atoms with Crippen molar-refractivity contribution in [3.63, 3.8) is 0 Å². The van der Waals surface area contributed by atoms with Crippen molar-refractivity contribution in [1.29, 1.82) is 0 Å². The molecule has 2 aliphatic carbocycles. The molecule has 1 unspecified atom stereocenters. The molecule has 0 N–H and O–H groups in total. The van der Waals surface area contributed by atoms with E-state index < -0.39 is 0 Å². The second-order valence-corrected chi connectivity index (χ2v) is 12.4. The smallest absolute Gasteiger partial charge is 0.258 e. The van der Waals surface area contributed by atoms with Crippen LogP contribution in [0.5, 0.6) is 0 Å². The molecule has 6 heteroatoms. The van der Waals surface area contributed by atoms with E-state index in [2.05, 4.69) is 32.0 Å². The highest BCUT2D eigenvalue weighted by Gasteiger charge is 2.45. The number of Topliss-reactive ketones (excluding diaryl/α,β-unsaturated/α-hetero) is 1. The zero-order valence-corrected chi connectivity index (χ0v) is 22.5. The molecular formula is C31H34N2O3S. The van der Waals surface area contributed by atoms with Gasteiger partial charge >= 0.3 is 0 Å². The summed E-state index contributed by atoms with van der Waals surface area (Å²) in [4.78, 5) is 32.9. The van der Waals surface area contributed by atoms with Crippen LogP contribution in [-0.2, 0) is 16.6 Å². The van der Waals surface area contributed by atoms with Crippen LogP contribution >= 0.6 is 11.8 Å². The van der Waals surface area contributed by atoms with Gasteiger partial charge in [0.15, 0.2) is 10.9 Å². The van der Waals surface area contributed by atoms with Gasteiger partial charge in [0.25, 0.3) is 5.56 Å². The molecule has 0 radical (unpaired) electrons. The summed E-state index contributed by atoms with van der Waals surface area (Å²) in [5, 5.41) is 0.653. The van der Waals surface area contributed by atoms with Crippen LogP contribution in [0.25, 0.3) is 11.3 Å². The van der Waals surface area contributed by atoms with Crippen LogP contribution in [0.1, 0.15) is 79.9 Å². The number of benzene rings is 2. The fourth-order valence-corrected chi connectivity index (χ4v) is 7.66. The zero-order chi connectivity index (χ0) is 25.6. The summed E-state index contributed by atoms with van der Waals surface area (Å²) in [6, 6.07) is 17.8. The quantitative estimate of drug-likeness (QED) is 0.225. The summed E-state index contributed by atoms with van der Waals surface area (Å²) >= 11 is 1.40. The third kappa shape index (κ3) is 4.48. The lowest BCUT2D eigenvalue weighted by Crippen LogP contribution is -2.44. The van der Waals surface area contributed by atoms with E-state index in [4.69, 9.17) is 9.72 Å². The van der Waals surface area contributed by atoms with E-state index >= 15 is 0 Å². The predicted molar refractivity (Wildman–Crippen MR) is 148 cm³/mol. The summed E-state index contributed by atoms with van der Waals surface area (Å²) in [5.74, 6) is 0.290. The molecule has 192 valence electrons. The monoisotopic (exact) mass is 514 g/mol. The maximum absolute atomic E-state index is 14.6. The molecule has 1 aliphatic heterocycles. The van der Waals surface area contributed by atoms with Crippen LogP contribution in [-0.4, -0.2) is 33.3 Å². The molecule has 3 aliphatic rings. The maximum Gasteiger partial charge on any atom is 0.258 e. The Morgan fingerprint density at radius 2 is 1.81 bits per heavy atom. The molecule has 5 nitrogen and oxygen atoms in total. The number of ether oxygens (including phenoxy) is 1. The van der Waals surface area contributed by atoms with Gasteiger partial charge in [-0.2, -0.15) is 0 Å². The minimum atomic E-state index is -0.308. The second-order valence-electron chi connectivity index (χ2n) is 11.4. The lowest BCUT2D eigenvalue weighted by atomic mass is 9.68. The van der Waals surface area contributed by atoms with E-state index in [0.717, 1.165) is 61.8 Å². The number of nitrogens with zero attached hydrogens (tertiary/aromatic N) is 2. The van der Waals surface area contributed by atoms with Crippen LogP contribution in [0, 0.1) is 0 Å². The van der Waals surface area contributed by atoms with Crippen molar-refractivity contribution in [2.75, 3.05) is 12.4 Å². The van der Waals surface area contributed by atoms with Gasteiger partial charge in [0, 0.05) is 29.2 Å². The standard InChI is InChI=1S/C31H34N2O3S/c1-30(2)19-23(14-17-36-30)33-28(35)26-27(32-29(33)37-20-25(34)21-10-4-3-5-11-21)24-13-7-6-12-22(24)18-31(26)15-8-9-16-31/h3-7,10-13,23H,8-9,14-20H2,1-2H3. The Hall–Kier alpha value is -2.70. The average molecular weight is 515 g/mol. The Balaban J connectivity index is 1.50. The molecule has 0 amide bonds. The van der Waals surface area contributed by atoms with Crippen molar-refractivity contribution in [2.24, 2.45) is 0 Å². The first-order valence-corrected chi connectivity index (χ1v) is 14.5. The van der Waals surface area contributed by atoms with E-state index in [1.807, 2.05) is 41.0 Å². The lowest BCUT2D eigenvalue weighted by molar-refractivity contribution is -0.0710. The molecule has 1 spiro atoms. The molecule has 3 aromatic rings. The van der Waals surface area contributed by atoms with Gasteiger partial charge in [-0.15, -0.1) is 0 Å². The van der Waals surface area contributed by atoms with Crippen molar-refractivity contribution in [1.82, 2.24) is 9.55 Å². The number of hydrogen-bond acceptors (Lipinski definition) is 5. The van der Waals surface area contributed by atoms with Crippen molar-refractivity contribution in [3.05, 3.63) is 81.6 Å². The van der Waals surface area contributed by atoms with Gasteiger partial charge in [-0.05, 0) is 51.5 Å². The number of thioether (sulfide) groups is 1. The minimum Gasteiger partial charge on any atom is -0.375 e. The van der Waals surface area contributed by atoms with E-state index in [1.165, 1.54) is 17.3 Å². The molecular weight excluding hydrogens is 480 g/mol. The lowest BCUT2D eigenvalue weighted by Gasteiger charge is -2.40. The third-order valence-corrected chi connectivity index (χ3v) is 9.39. The summed E-state index contributed by atoms with van der Waals surface area (Å²) in [6.45, 7) is 4.80. The van der Waals surface area contributed by atoms with Crippen LogP contribution in [0.2, 0.25) is 0 Å². The van der Waals surface area contributed by atoms with Gasteiger partial charge in [0.05, 0.1) is 22.6 Å². The normalized spacial score (nSPS) is 21.4. The second kappa shape index (κ2) is 9.55. The van der Waals surface area contributed by atoms with Gasteiger partial charge in [0.2, 0.25) is 0 Å². The van der Waals surface area contributed by atoms with E-state index in [0.29, 0.717) is 17.3 Å². The Morgan fingerprint density at radius 1 is 1.08 bits per heavy atom. The van der Waals surface area contributed by atoms with Crippen molar-refractivity contribution in [2.45, 2.75) is 81.0 Å². The first kappa shape index (κ1) is 24.6. The fraction of sp³-hybridized carbons (Fsp3) is 0.452. The zero-order valence-electron chi connectivity index (χ0n) is 21.7. The SMILES string of the molecule is CC1(C)CC(n2c(SCC(=O)c3ccccc3)nc3c(c2=O)C2(CCCC2)Cc2ccccc2-3)CCO1. The van der Waals surface area contributed by atoms with Crippen LogP contribution < -0.4 is 5.56 Å². The van der Waals surface area contributed by atoms with Crippen LogP contribution in [0.3, 0.4) is 0 Å². The minimum absolute atomic E-state index is 0.000925. The highest BCUT2D eigenvalue weighted by Crippen LogP contribution is 2.50. The van der Waals surface area contributed by atoms with Gasteiger partial charge < -0.3 is 4.74 Å². The molecule has 6 rings (SSSR count). The summed E-state index contributed by atoms with van der Waals surface area (Å²) in [6.07, 6.45) is 6.78. The number of rotatable bonds is 5. The fourth-order valence-electron chi connectivity index (χ4n) is 6.71. The Morgan fingerprint density at radius 3 is 2.57 bits per heavy atom. The number of aromatic nitrogens is 2. The van der Waals surface area contributed by atoms with E-state index in [-0.39, 0.29) is 34.2 Å². The Labute approximate surface area is 222 Å². The van der Waals surface area contributed by atoms with Gasteiger partial charge in [-0.1, -0.05) is 79.2 Å². The number of carbonyl (C=O) groups excluding carboxylic acids is 1. The summed E-state index contributed by atoms with van der Waals surface area (Å²) < 4.78 is 7.95. The number of hydrogen-bond donors (Lipinski definition) is 0. The molecule has 37 heavy (non-hydrogen) atoms. The third-order valence-electron chi connectivity index (χ3n) is 8.44. The summed E-state index contributed by atoms with van der Waals surface area (Å²) in [7, 11) is 0. The molecule has 1 atom stereocenters. The first-order chi connectivity index (χ1) is 17.9. The molecule has 2 fully saturated rings. The van der Waals surface area contributed by atoms with Crippen molar-refractivity contribution in [3.8, 4) is 11.3 Å². The molecule has 0 bridgehead atoms. The Kier molecular flexibility index (Phi) is 6.36. The molecule has 1 saturated heterocycles. The van der Waals surface area contributed by atoms with Gasteiger partial charge in [-0.25, -0.2) is 4.98 Å². The highest BCUT2D eigenvalue weighted by molar-refractivity contribution is 7.99. The molecule has 1 saturated carbocycles. The number of carbonyl (C=O) groups is 1. The van der Waals surface area contributed by atoms with E-state index in [1.54, 1.807) is 0 Å². The van der Waals surface area contributed by atoms with Crippen molar-refractivity contribution >= 4 is 17.5 Å². The number of fused-ring (bicyclic) bond motifs is 4. The van der Waals surface area contributed by atoms with Crippen LogP contribution in [0.15, 0.2) is 64.5 Å². The largest absolute Gasteiger partial charge is 0.375 e. The topological polar surface area (TPSA) is 61.2 Å². The number of ketones is 1. The summed E-state index contributed by atoms with van der Waals surface area (Å²) in [5.41, 5.74) is 4.44. The molecule has 1 aromatic heterocycles. The average Bonchev–Trinajstić information content (AvgIpc) is 3.35. The van der Waals surface area contributed by atoms with Gasteiger partial charge in [-0.3, -0.25) is 14.2 Å². The van der Waals surface area contributed by atoms with E-state index in [9.17, 15) is 9.59 Å². The van der Waals surface area contributed by atoms with Crippen molar-refractivity contribution < 1.29 is 9.53 Å².